The van der Waals surface area contributed by atoms with Crippen molar-refractivity contribution in [3.63, 3.8) is 0 Å². The van der Waals surface area contributed by atoms with Crippen LogP contribution in [-0.2, 0) is 22.3 Å². The maximum Gasteiger partial charge on any atom is 0.161 e. The van der Waals surface area contributed by atoms with E-state index in [0.717, 1.165) is 22.3 Å². The highest BCUT2D eigenvalue weighted by Crippen LogP contribution is 2.52. The number of phenolic OH excluding ortho intramolecular Hbond substituents is 2. The zero-order valence-electron chi connectivity index (χ0n) is 18.0. The number of methoxy groups -OCH3 is 2. The van der Waals surface area contributed by atoms with Gasteiger partial charge in [-0.25, -0.2) is 0 Å². The van der Waals surface area contributed by atoms with E-state index in [1.807, 2.05) is 38.1 Å². The number of hydrogen-bond donors (Lipinski definition) is 2. The van der Waals surface area contributed by atoms with Crippen molar-refractivity contribution in [1.82, 2.24) is 0 Å². The molecule has 2 fully saturated rings. The smallest absolute Gasteiger partial charge is 0.161 e. The second-order valence-electron chi connectivity index (χ2n) is 8.00. The molecule has 2 aliphatic heterocycles. The summed E-state index contributed by atoms with van der Waals surface area (Å²) >= 11 is 0. The van der Waals surface area contributed by atoms with Gasteiger partial charge < -0.3 is 29.2 Å². The Morgan fingerprint density at radius 3 is 1.50 bits per heavy atom. The fourth-order valence-corrected chi connectivity index (χ4v) is 4.79. The van der Waals surface area contributed by atoms with Crippen LogP contribution in [0.5, 0.6) is 23.0 Å². The van der Waals surface area contributed by atoms with Gasteiger partial charge >= 0.3 is 0 Å². The van der Waals surface area contributed by atoms with Crippen LogP contribution in [0.3, 0.4) is 0 Å². The van der Waals surface area contributed by atoms with Gasteiger partial charge in [0, 0.05) is 11.8 Å². The number of rotatable bonds is 6. The van der Waals surface area contributed by atoms with Crippen molar-refractivity contribution in [2.24, 2.45) is 11.8 Å². The van der Waals surface area contributed by atoms with Crippen molar-refractivity contribution in [3.05, 3.63) is 46.5 Å². The standard InChI is InChI=1S/C24H30O6/c1-5-13-7-15(9-19(27-3)21(13)25)23-17-11-30-24(18(17)12-29-23)16-8-14(6-2)22(26)20(10-16)28-4/h7-10,17-18,23-26H,5-6,11-12H2,1-4H3/t17-,18-,23+,24+/m0/s1. The number of aryl methyl sites for hydroxylation is 2. The van der Waals surface area contributed by atoms with E-state index in [1.54, 1.807) is 14.2 Å². The van der Waals surface area contributed by atoms with Crippen molar-refractivity contribution >= 4 is 0 Å². The van der Waals surface area contributed by atoms with E-state index < -0.39 is 0 Å². The predicted octanol–water partition coefficient (Wildman–Crippen LogP) is 4.32. The third kappa shape index (κ3) is 3.38. The molecule has 0 aromatic heterocycles. The van der Waals surface area contributed by atoms with E-state index in [0.29, 0.717) is 37.6 Å². The fraction of sp³-hybridized carbons (Fsp3) is 0.500. The first-order valence-corrected chi connectivity index (χ1v) is 10.5. The summed E-state index contributed by atoms with van der Waals surface area (Å²) in [7, 11) is 3.13. The highest BCUT2D eigenvalue weighted by atomic mass is 16.5. The number of hydrogen-bond acceptors (Lipinski definition) is 6. The number of phenols is 2. The second kappa shape index (κ2) is 8.36. The lowest BCUT2D eigenvalue weighted by atomic mass is 9.84. The summed E-state index contributed by atoms with van der Waals surface area (Å²) in [6.45, 7) is 5.20. The monoisotopic (exact) mass is 414 g/mol. The van der Waals surface area contributed by atoms with Crippen LogP contribution in [0.1, 0.15) is 48.3 Å². The van der Waals surface area contributed by atoms with Gasteiger partial charge in [-0.2, -0.15) is 0 Å². The highest BCUT2D eigenvalue weighted by molar-refractivity contribution is 5.50. The molecule has 2 aliphatic rings. The van der Waals surface area contributed by atoms with Crippen LogP contribution in [0.25, 0.3) is 0 Å². The minimum Gasteiger partial charge on any atom is -0.504 e. The average molecular weight is 414 g/mol. The van der Waals surface area contributed by atoms with Crippen LogP contribution < -0.4 is 9.47 Å². The Morgan fingerprint density at radius 1 is 0.767 bits per heavy atom. The van der Waals surface area contributed by atoms with Crippen molar-refractivity contribution in [2.45, 2.75) is 38.9 Å². The van der Waals surface area contributed by atoms with E-state index in [9.17, 15) is 10.2 Å². The van der Waals surface area contributed by atoms with Crippen LogP contribution in [0.4, 0.5) is 0 Å². The minimum atomic E-state index is -0.107. The molecular formula is C24H30O6. The molecule has 6 nitrogen and oxygen atoms in total. The fourth-order valence-electron chi connectivity index (χ4n) is 4.79. The molecule has 2 saturated heterocycles. The van der Waals surface area contributed by atoms with Crippen molar-refractivity contribution in [2.75, 3.05) is 27.4 Å². The Labute approximate surface area is 177 Å². The van der Waals surface area contributed by atoms with E-state index >= 15 is 0 Å². The molecule has 0 amide bonds. The molecule has 162 valence electrons. The van der Waals surface area contributed by atoms with E-state index in [1.165, 1.54) is 0 Å². The van der Waals surface area contributed by atoms with Gasteiger partial charge in [-0.3, -0.25) is 0 Å². The van der Waals surface area contributed by atoms with Gasteiger partial charge in [0.25, 0.3) is 0 Å². The first kappa shape index (κ1) is 20.8. The average Bonchev–Trinajstić information content (AvgIpc) is 3.36. The SMILES string of the molecule is CCc1cc([C@H]2OC[C@H]3[C@@H]2CO[C@@H]3c2cc(CC)c(O)c(OC)c2)cc(OC)c1O. The minimum absolute atomic E-state index is 0.107. The summed E-state index contributed by atoms with van der Waals surface area (Å²) < 4.78 is 23.2. The molecule has 0 bridgehead atoms. The van der Waals surface area contributed by atoms with Gasteiger partial charge in [0.2, 0.25) is 0 Å². The number of aromatic hydroxyl groups is 2. The molecule has 30 heavy (non-hydrogen) atoms. The van der Waals surface area contributed by atoms with Crippen LogP contribution >= 0.6 is 0 Å². The Bertz CT molecular complexity index is 798. The Morgan fingerprint density at radius 2 is 1.17 bits per heavy atom. The molecular weight excluding hydrogens is 384 g/mol. The lowest BCUT2D eigenvalue weighted by Gasteiger charge is -2.20. The van der Waals surface area contributed by atoms with Crippen LogP contribution in [-0.4, -0.2) is 37.6 Å². The van der Waals surface area contributed by atoms with E-state index in [-0.39, 0.29) is 35.5 Å². The third-order valence-electron chi connectivity index (χ3n) is 6.48. The lowest BCUT2D eigenvalue weighted by Crippen LogP contribution is -2.15. The Balaban J connectivity index is 1.63. The Kier molecular flexibility index (Phi) is 5.80. The summed E-state index contributed by atoms with van der Waals surface area (Å²) in [6, 6.07) is 7.76. The second-order valence-corrected chi connectivity index (χ2v) is 8.00. The van der Waals surface area contributed by atoms with Crippen molar-refractivity contribution < 1.29 is 29.2 Å². The number of ether oxygens (including phenoxy) is 4. The quantitative estimate of drug-likeness (QED) is 0.733. The van der Waals surface area contributed by atoms with Crippen LogP contribution in [0.15, 0.2) is 24.3 Å². The van der Waals surface area contributed by atoms with Crippen molar-refractivity contribution in [1.29, 1.82) is 0 Å². The molecule has 2 N–H and O–H groups in total. The summed E-state index contributed by atoms with van der Waals surface area (Å²) in [5.74, 6) is 1.76. The predicted molar refractivity (Wildman–Crippen MR) is 112 cm³/mol. The number of benzene rings is 2. The maximum absolute atomic E-state index is 10.3. The van der Waals surface area contributed by atoms with Crippen molar-refractivity contribution in [3.8, 4) is 23.0 Å². The molecule has 6 heteroatoms. The molecule has 0 spiro atoms. The van der Waals surface area contributed by atoms with Crippen LogP contribution in [0, 0.1) is 11.8 Å². The van der Waals surface area contributed by atoms with Gasteiger partial charge in [0.1, 0.15) is 0 Å². The molecule has 0 saturated carbocycles. The summed E-state index contributed by atoms with van der Waals surface area (Å²) in [5.41, 5.74) is 3.72. The third-order valence-corrected chi connectivity index (χ3v) is 6.48. The molecule has 2 aromatic rings. The summed E-state index contributed by atoms with van der Waals surface area (Å²) in [6.07, 6.45) is 1.21. The van der Waals surface area contributed by atoms with Crippen LogP contribution in [0.2, 0.25) is 0 Å². The summed E-state index contributed by atoms with van der Waals surface area (Å²) in [4.78, 5) is 0. The van der Waals surface area contributed by atoms with Gasteiger partial charge in [-0.15, -0.1) is 0 Å². The Hall–Kier alpha value is -2.44. The van der Waals surface area contributed by atoms with E-state index in [2.05, 4.69) is 0 Å². The highest BCUT2D eigenvalue weighted by Gasteiger charge is 2.48. The molecule has 4 rings (SSSR count). The van der Waals surface area contributed by atoms with Gasteiger partial charge in [0.05, 0.1) is 39.6 Å². The maximum atomic E-state index is 10.3. The summed E-state index contributed by atoms with van der Waals surface area (Å²) in [5, 5.41) is 20.7. The topological polar surface area (TPSA) is 77.4 Å². The largest absolute Gasteiger partial charge is 0.504 e. The molecule has 2 aromatic carbocycles. The zero-order valence-corrected chi connectivity index (χ0v) is 18.0. The van der Waals surface area contributed by atoms with Gasteiger partial charge in [-0.1, -0.05) is 13.8 Å². The normalized spacial score (nSPS) is 25.3. The molecule has 2 heterocycles. The molecule has 0 aliphatic carbocycles. The number of fused-ring (bicyclic) bond motifs is 1. The molecule has 4 atom stereocenters. The zero-order chi connectivity index (χ0) is 21.4. The van der Waals surface area contributed by atoms with Gasteiger partial charge in [-0.05, 0) is 59.4 Å². The lowest BCUT2D eigenvalue weighted by molar-refractivity contribution is 0.0191. The first-order valence-electron chi connectivity index (χ1n) is 10.5. The van der Waals surface area contributed by atoms with Gasteiger partial charge in [0.15, 0.2) is 23.0 Å². The van der Waals surface area contributed by atoms with E-state index in [4.69, 9.17) is 18.9 Å². The molecule has 0 unspecified atom stereocenters. The first-order chi connectivity index (χ1) is 14.5. The molecule has 0 radical (unpaired) electrons.